The first-order valence-electron chi connectivity index (χ1n) is 12.0. The van der Waals surface area contributed by atoms with Gasteiger partial charge in [-0.1, -0.05) is 6.07 Å². The minimum Gasteiger partial charge on any atom is -0.497 e. The number of rotatable bonds is 6. The maximum absolute atomic E-state index is 15.1. The van der Waals surface area contributed by atoms with E-state index in [9.17, 15) is 24.0 Å². The van der Waals surface area contributed by atoms with Crippen LogP contribution in [0.15, 0.2) is 40.8 Å². The molecular weight excluding hydrogens is 513 g/mol. The van der Waals surface area contributed by atoms with Crippen LogP contribution in [0.25, 0.3) is 11.0 Å². The van der Waals surface area contributed by atoms with Crippen LogP contribution in [-0.2, 0) is 27.2 Å². The monoisotopic (exact) mass is 535 g/mol. The minimum absolute atomic E-state index is 0.0216. The zero-order valence-corrected chi connectivity index (χ0v) is 20.8. The first-order valence-corrected chi connectivity index (χ1v) is 12.0. The smallest absolute Gasteiger partial charge is 0.322 e. The van der Waals surface area contributed by atoms with Crippen molar-refractivity contribution in [1.29, 1.82) is 0 Å². The number of nitrogens with zero attached hydrogens (tertiary/aromatic N) is 1. The quantitative estimate of drug-likeness (QED) is 0.350. The van der Waals surface area contributed by atoms with Crippen LogP contribution in [0.2, 0.25) is 0 Å². The van der Waals surface area contributed by atoms with Gasteiger partial charge >= 0.3 is 12.1 Å². The van der Waals surface area contributed by atoms with Crippen molar-refractivity contribution in [3.05, 3.63) is 64.7 Å². The Morgan fingerprint density at radius 2 is 1.74 bits per heavy atom. The van der Waals surface area contributed by atoms with Crippen molar-refractivity contribution in [1.82, 2.24) is 26.2 Å². The van der Waals surface area contributed by atoms with Gasteiger partial charge in [0.25, 0.3) is 17.7 Å². The summed E-state index contributed by atoms with van der Waals surface area (Å²) in [6.45, 7) is 1.76. The van der Waals surface area contributed by atoms with E-state index in [1.165, 1.54) is 26.2 Å². The summed E-state index contributed by atoms with van der Waals surface area (Å²) >= 11 is 0. The first-order chi connectivity index (χ1) is 18.5. The van der Waals surface area contributed by atoms with E-state index in [1.54, 1.807) is 23.1 Å². The van der Waals surface area contributed by atoms with E-state index in [0.717, 1.165) is 11.6 Å². The van der Waals surface area contributed by atoms with Crippen molar-refractivity contribution in [3.63, 3.8) is 0 Å². The Hall–Kier alpha value is -4.94. The van der Waals surface area contributed by atoms with Crippen LogP contribution < -0.4 is 26.0 Å². The summed E-state index contributed by atoms with van der Waals surface area (Å²) in [6.07, 6.45) is -0.0349. The van der Waals surface area contributed by atoms with Gasteiger partial charge in [-0.3, -0.25) is 25.0 Å². The number of ether oxygens (including phenoxy) is 1. The molecule has 2 aromatic carbocycles. The van der Waals surface area contributed by atoms with Crippen molar-refractivity contribution >= 4 is 40.8 Å². The van der Waals surface area contributed by atoms with Crippen LogP contribution in [0.1, 0.15) is 40.6 Å². The number of benzene rings is 2. The molecule has 3 aliphatic rings. The lowest BCUT2D eigenvalue weighted by Crippen LogP contribution is -2.46. The molecule has 200 valence electrons. The van der Waals surface area contributed by atoms with Gasteiger partial charge in [0.1, 0.15) is 28.4 Å². The molecule has 4 heterocycles. The summed E-state index contributed by atoms with van der Waals surface area (Å²) in [7, 11) is 1.51. The van der Waals surface area contributed by atoms with E-state index in [4.69, 9.17) is 9.15 Å². The molecule has 6 rings (SSSR count). The molecular formula is C26H22FN5O7. The maximum atomic E-state index is 15.1. The van der Waals surface area contributed by atoms with Crippen molar-refractivity contribution in [2.45, 2.75) is 31.0 Å². The predicted octanol–water partition coefficient (Wildman–Crippen LogP) is 1.72. The van der Waals surface area contributed by atoms with Gasteiger partial charge in [0, 0.05) is 42.1 Å². The third kappa shape index (κ3) is 3.60. The van der Waals surface area contributed by atoms with E-state index < -0.39 is 40.8 Å². The molecule has 0 saturated carbocycles. The number of methoxy groups -OCH3 is 1. The molecule has 0 bridgehead atoms. The molecule has 2 fully saturated rings. The fourth-order valence-corrected chi connectivity index (χ4v) is 5.30. The van der Waals surface area contributed by atoms with Gasteiger partial charge in [0.2, 0.25) is 0 Å². The van der Waals surface area contributed by atoms with Crippen LogP contribution in [-0.4, -0.2) is 48.3 Å². The van der Waals surface area contributed by atoms with Gasteiger partial charge in [-0.15, -0.1) is 0 Å². The summed E-state index contributed by atoms with van der Waals surface area (Å²) in [5.74, 6) is -1.90. The van der Waals surface area contributed by atoms with E-state index in [-0.39, 0.29) is 35.8 Å². The van der Waals surface area contributed by atoms with Gasteiger partial charge in [-0.05, 0) is 36.8 Å². The Balaban J connectivity index is 1.34. The second-order valence-corrected chi connectivity index (χ2v) is 9.83. The molecule has 13 heteroatoms. The number of carbonyl (C=O) groups is 5. The number of hydrogen-bond donors (Lipinski definition) is 4. The molecule has 2 unspecified atom stereocenters. The predicted molar refractivity (Wildman–Crippen MR) is 131 cm³/mol. The largest absolute Gasteiger partial charge is 0.497 e. The summed E-state index contributed by atoms with van der Waals surface area (Å²) in [4.78, 5) is 64.0. The molecule has 0 aliphatic carbocycles. The highest BCUT2D eigenvalue weighted by Gasteiger charge is 2.51. The average Bonchev–Trinajstić information content (AvgIpc) is 3.60. The summed E-state index contributed by atoms with van der Waals surface area (Å²) in [5.41, 5.74) is -2.08. The number of urea groups is 2. The fourth-order valence-electron chi connectivity index (χ4n) is 5.30. The lowest BCUT2D eigenvalue weighted by atomic mass is 9.89. The molecule has 3 aromatic rings. The summed E-state index contributed by atoms with van der Waals surface area (Å²) in [6, 6.07) is 7.56. The van der Waals surface area contributed by atoms with Gasteiger partial charge in [-0.2, -0.15) is 0 Å². The highest BCUT2D eigenvalue weighted by molar-refractivity contribution is 6.08. The Morgan fingerprint density at radius 3 is 2.41 bits per heavy atom. The molecule has 0 spiro atoms. The Kier molecular flexibility index (Phi) is 5.18. The van der Waals surface area contributed by atoms with E-state index >= 15 is 4.39 Å². The zero-order chi connectivity index (χ0) is 27.7. The molecule has 2 saturated heterocycles. The molecule has 12 nitrogen and oxygen atoms in total. The highest BCUT2D eigenvalue weighted by atomic mass is 19.1. The van der Waals surface area contributed by atoms with E-state index in [2.05, 4.69) is 21.3 Å². The zero-order valence-electron chi connectivity index (χ0n) is 20.8. The van der Waals surface area contributed by atoms with Crippen molar-refractivity contribution in [2.75, 3.05) is 13.7 Å². The second kappa shape index (κ2) is 8.28. The lowest BCUT2D eigenvalue weighted by molar-refractivity contribution is -0.125. The second-order valence-electron chi connectivity index (χ2n) is 9.83. The highest BCUT2D eigenvalue weighted by Crippen LogP contribution is 2.37. The number of carbonyl (C=O) groups excluding carboxylic acids is 5. The molecule has 7 amide bonds. The number of halogens is 1. The molecule has 3 aliphatic heterocycles. The third-order valence-corrected chi connectivity index (χ3v) is 7.50. The van der Waals surface area contributed by atoms with Gasteiger partial charge in [0.05, 0.1) is 7.11 Å². The van der Waals surface area contributed by atoms with Crippen LogP contribution in [0.3, 0.4) is 0 Å². The van der Waals surface area contributed by atoms with Crippen molar-refractivity contribution < 1.29 is 37.5 Å². The Labute approximate surface area is 219 Å². The minimum atomic E-state index is -1.68. The first kappa shape index (κ1) is 24.4. The fraction of sp³-hybridized carbons (Fsp3) is 0.269. The molecule has 4 N–H and O–H groups in total. The summed E-state index contributed by atoms with van der Waals surface area (Å²) in [5, 5.41) is 9.66. The molecule has 1 aromatic heterocycles. The maximum Gasteiger partial charge on any atom is 0.322 e. The van der Waals surface area contributed by atoms with Gasteiger partial charge in [0.15, 0.2) is 5.54 Å². The number of imide groups is 2. The van der Waals surface area contributed by atoms with E-state index in [1.807, 2.05) is 0 Å². The van der Waals surface area contributed by atoms with Gasteiger partial charge in [-0.25, -0.2) is 14.0 Å². The van der Waals surface area contributed by atoms with Gasteiger partial charge < -0.3 is 24.7 Å². The lowest BCUT2D eigenvalue weighted by Gasteiger charge is -2.26. The Morgan fingerprint density at radius 1 is 1.00 bits per heavy atom. The topological polar surface area (TPSA) is 159 Å². The average molecular weight is 535 g/mol. The number of nitrogens with one attached hydrogen (secondary N) is 4. The summed E-state index contributed by atoms with van der Waals surface area (Å²) < 4.78 is 26.2. The van der Waals surface area contributed by atoms with Crippen LogP contribution in [0.5, 0.6) is 5.75 Å². The molecule has 0 radical (unpaired) electrons. The number of amides is 7. The van der Waals surface area contributed by atoms with Crippen LogP contribution >= 0.6 is 0 Å². The van der Waals surface area contributed by atoms with E-state index in [0.29, 0.717) is 23.2 Å². The third-order valence-electron chi connectivity index (χ3n) is 7.50. The standard InChI is InChI=1S/C26H22FN5O7/c1-25(21(34)28-23(36)30-25)16-7-13-8-19(39-18(13)10-17(16)27)26(22(35)29-24(37)31-26)5-6-32-11-12-3-4-14(38-2)9-15(12)20(32)33/h3-4,7-10H,5-6,11H2,1-2H3,(H2,28,30,34,36)(H2,29,31,35,37). The van der Waals surface area contributed by atoms with Crippen LogP contribution in [0, 0.1) is 5.82 Å². The molecule has 2 atom stereocenters. The number of fused-ring (bicyclic) bond motifs is 2. The molecule has 39 heavy (non-hydrogen) atoms. The van der Waals surface area contributed by atoms with Crippen LogP contribution in [0.4, 0.5) is 14.0 Å². The number of furan rings is 1. The number of hydrogen-bond acceptors (Lipinski definition) is 7. The SMILES string of the molecule is COc1ccc2c(c1)C(=O)N(CCC1(c3cc4cc(C5(C)NC(=O)NC5=O)c(F)cc4o3)NC(=O)NC1=O)C2. The normalized spacial score (nSPS) is 24.1. The Bertz CT molecular complexity index is 1630. The van der Waals surface area contributed by atoms with Crippen molar-refractivity contribution in [3.8, 4) is 5.75 Å². The van der Waals surface area contributed by atoms with Crippen molar-refractivity contribution in [2.24, 2.45) is 0 Å².